The molecule has 0 aliphatic carbocycles. The lowest BCUT2D eigenvalue weighted by atomic mass is 9.98. The van der Waals surface area contributed by atoms with Crippen molar-refractivity contribution < 1.29 is 16.8 Å². The Hall–Kier alpha value is -5.36. The lowest BCUT2D eigenvalue weighted by molar-refractivity contribution is 0.588. The molecule has 324 valence electrons. The molecule has 0 fully saturated rings. The number of fused-ring (bicyclic) bond motifs is 6. The molecule has 0 bridgehead atoms. The van der Waals surface area contributed by atoms with Crippen LogP contribution < -0.4 is 8.61 Å². The molecule has 11 heteroatoms. The fraction of sp³-hybridized carbons (Fsp3) is 0.269. The first-order chi connectivity index (χ1) is 30.5. The van der Waals surface area contributed by atoms with Gasteiger partial charge in [-0.1, -0.05) is 120 Å². The second-order valence-corrected chi connectivity index (χ2v) is 20.9. The van der Waals surface area contributed by atoms with Crippen molar-refractivity contribution in [3.63, 3.8) is 0 Å². The number of alkyl halides is 1. The lowest BCUT2D eigenvalue weighted by Crippen LogP contribution is -2.32. The molecule has 0 spiro atoms. The Kier molecular flexibility index (Phi) is 13.5. The number of hydrogen-bond acceptors (Lipinski definition) is 6. The zero-order chi connectivity index (χ0) is 44.1. The van der Waals surface area contributed by atoms with Gasteiger partial charge in [-0.15, -0.1) is 0 Å². The molecule has 0 radical (unpaired) electrons. The van der Waals surface area contributed by atoms with E-state index in [-0.39, 0.29) is 9.79 Å². The third kappa shape index (κ3) is 9.33. The van der Waals surface area contributed by atoms with Crippen molar-refractivity contribution in [3.05, 3.63) is 156 Å². The quantitative estimate of drug-likeness (QED) is 0.0482. The maximum atomic E-state index is 14.1. The fourth-order valence-corrected chi connectivity index (χ4v) is 11.8. The van der Waals surface area contributed by atoms with E-state index in [1.165, 1.54) is 8.61 Å². The van der Waals surface area contributed by atoms with Crippen LogP contribution in [0.1, 0.15) is 68.0 Å². The number of para-hydroxylation sites is 2. The molecule has 2 aromatic heterocycles. The van der Waals surface area contributed by atoms with Gasteiger partial charge in [0.2, 0.25) is 0 Å². The molecule has 0 amide bonds. The van der Waals surface area contributed by atoms with Crippen molar-refractivity contribution in [1.82, 2.24) is 9.97 Å². The SMILES string of the molecule is CCCN(c1ccc2c(c1)c(CCCCCCc1nc3ccccc3c3ccc(N(CCCBr)S(=O)(=O)c4ccc(C)cc4)cc13)nc1ccccc12)S(=O)(=O)c1ccc(C)cc1. The molecular formula is C52H53BrN4O4S2. The number of aromatic nitrogens is 2. The van der Waals surface area contributed by atoms with Gasteiger partial charge in [0.25, 0.3) is 20.0 Å². The van der Waals surface area contributed by atoms with Gasteiger partial charge in [0.15, 0.2) is 0 Å². The van der Waals surface area contributed by atoms with E-state index in [1.807, 2.05) is 106 Å². The molecular weight excluding hydrogens is 889 g/mol. The first kappa shape index (κ1) is 44.3. The number of unbranched alkanes of at least 4 members (excludes halogenated alkanes) is 3. The van der Waals surface area contributed by atoms with E-state index in [4.69, 9.17) is 9.97 Å². The summed E-state index contributed by atoms with van der Waals surface area (Å²) in [6, 6.07) is 42.4. The molecule has 0 saturated carbocycles. The van der Waals surface area contributed by atoms with Crippen LogP contribution in [0.4, 0.5) is 11.4 Å². The normalized spacial score (nSPS) is 12.1. The summed E-state index contributed by atoms with van der Waals surface area (Å²) in [5.41, 5.74) is 7.07. The number of rotatable bonds is 18. The summed E-state index contributed by atoms with van der Waals surface area (Å²) in [7, 11) is -7.60. The summed E-state index contributed by atoms with van der Waals surface area (Å²) in [5.74, 6) is 0. The van der Waals surface area contributed by atoms with E-state index in [2.05, 4.69) is 40.2 Å². The Bertz CT molecular complexity index is 3140. The Morgan fingerprint density at radius 1 is 0.476 bits per heavy atom. The number of sulfonamides is 2. The number of halogens is 1. The van der Waals surface area contributed by atoms with Crippen LogP contribution in [0, 0.1) is 13.8 Å². The van der Waals surface area contributed by atoms with Crippen LogP contribution in [0.25, 0.3) is 43.4 Å². The largest absolute Gasteiger partial charge is 0.266 e. The van der Waals surface area contributed by atoms with Crippen LogP contribution in [0.3, 0.4) is 0 Å². The van der Waals surface area contributed by atoms with Crippen LogP contribution in [-0.2, 0) is 32.9 Å². The third-order valence-corrected chi connectivity index (χ3v) is 16.1. The highest BCUT2D eigenvalue weighted by molar-refractivity contribution is 9.09. The number of nitrogens with zero attached hydrogens (tertiary/aromatic N) is 4. The van der Waals surface area contributed by atoms with Gasteiger partial charge in [-0.05, 0) is 124 Å². The van der Waals surface area contributed by atoms with Crippen LogP contribution in [-0.4, -0.2) is 45.2 Å². The number of aryl methyl sites for hydroxylation is 4. The Morgan fingerprint density at radius 3 is 1.33 bits per heavy atom. The number of hydrogen-bond donors (Lipinski definition) is 0. The van der Waals surface area contributed by atoms with E-state index in [1.54, 1.807) is 24.3 Å². The molecule has 8 rings (SSSR count). The zero-order valence-corrected chi connectivity index (χ0v) is 39.3. The van der Waals surface area contributed by atoms with Crippen molar-refractivity contribution in [2.45, 2.75) is 81.9 Å². The maximum absolute atomic E-state index is 14.1. The summed E-state index contributed by atoms with van der Waals surface area (Å²) >= 11 is 3.51. The molecule has 0 aliphatic heterocycles. The predicted octanol–water partition coefficient (Wildman–Crippen LogP) is 12.6. The molecule has 63 heavy (non-hydrogen) atoms. The zero-order valence-electron chi connectivity index (χ0n) is 36.1. The molecule has 0 saturated heterocycles. The smallest absolute Gasteiger partial charge is 0.264 e. The Balaban J connectivity index is 1.04. The van der Waals surface area contributed by atoms with Crippen LogP contribution >= 0.6 is 15.9 Å². The summed E-state index contributed by atoms with van der Waals surface area (Å²) in [5, 5.41) is 6.84. The van der Waals surface area contributed by atoms with Gasteiger partial charge in [0.05, 0.1) is 32.2 Å². The molecule has 8 nitrogen and oxygen atoms in total. The van der Waals surface area contributed by atoms with E-state index in [9.17, 15) is 16.8 Å². The summed E-state index contributed by atoms with van der Waals surface area (Å²) < 4.78 is 59.4. The highest BCUT2D eigenvalue weighted by atomic mass is 79.9. The summed E-state index contributed by atoms with van der Waals surface area (Å²) in [6.07, 6.45) is 6.62. The van der Waals surface area contributed by atoms with Gasteiger partial charge in [0.1, 0.15) is 0 Å². The topological polar surface area (TPSA) is 101 Å². The van der Waals surface area contributed by atoms with E-state index >= 15 is 0 Å². The van der Waals surface area contributed by atoms with Crippen molar-refractivity contribution >= 4 is 90.7 Å². The number of pyridine rings is 2. The van der Waals surface area contributed by atoms with Crippen LogP contribution in [0.15, 0.2) is 143 Å². The minimum atomic E-state index is -3.81. The minimum Gasteiger partial charge on any atom is -0.266 e. The highest BCUT2D eigenvalue weighted by Gasteiger charge is 2.27. The van der Waals surface area contributed by atoms with Crippen molar-refractivity contribution in [2.24, 2.45) is 0 Å². The molecule has 2 heterocycles. The van der Waals surface area contributed by atoms with Gasteiger partial charge >= 0.3 is 0 Å². The van der Waals surface area contributed by atoms with Crippen LogP contribution in [0.5, 0.6) is 0 Å². The second kappa shape index (κ2) is 19.2. The summed E-state index contributed by atoms with van der Waals surface area (Å²) in [4.78, 5) is 10.9. The molecule has 8 aromatic rings. The van der Waals surface area contributed by atoms with Gasteiger partial charge in [-0.2, -0.15) is 0 Å². The number of benzene rings is 6. The minimum absolute atomic E-state index is 0.275. The number of anilines is 2. The standard InChI is InChI=1S/C52H53BrN4O4S2/c1-4-33-56(62(58,59)41-26-20-37(2)21-27-41)39-24-30-43-45-14-9-11-18-49(45)54-51(47(43)35-39)16-7-5-6-8-17-52-48-36-40(25-31-44(48)46-15-10-12-19-50(46)55-52)57(34-13-32-53)63(60,61)42-28-22-38(3)23-29-42/h9-12,14-15,18-31,35-36H,4-8,13,16-17,32-34H2,1-3H3. The van der Waals surface area contributed by atoms with E-state index < -0.39 is 20.0 Å². The average Bonchev–Trinajstić information content (AvgIpc) is 3.29. The molecule has 0 atom stereocenters. The molecule has 0 aliphatic rings. The lowest BCUT2D eigenvalue weighted by Gasteiger charge is -2.25. The highest BCUT2D eigenvalue weighted by Crippen LogP contribution is 2.35. The Labute approximate surface area is 380 Å². The fourth-order valence-electron chi connectivity index (χ4n) is 8.51. The van der Waals surface area contributed by atoms with Crippen molar-refractivity contribution in [2.75, 3.05) is 27.0 Å². The molecule has 6 aromatic carbocycles. The second-order valence-electron chi connectivity index (χ2n) is 16.3. The van der Waals surface area contributed by atoms with Gasteiger partial charge in [-0.3, -0.25) is 18.6 Å². The van der Waals surface area contributed by atoms with Crippen molar-refractivity contribution in [1.29, 1.82) is 0 Å². The first-order valence-corrected chi connectivity index (χ1v) is 25.9. The third-order valence-electron chi connectivity index (χ3n) is 11.8. The molecule has 0 N–H and O–H groups in total. The molecule has 0 unspecified atom stereocenters. The van der Waals surface area contributed by atoms with Crippen molar-refractivity contribution in [3.8, 4) is 0 Å². The Morgan fingerprint density at radius 2 is 0.905 bits per heavy atom. The van der Waals surface area contributed by atoms with Gasteiger partial charge in [0, 0.05) is 51.4 Å². The van der Waals surface area contributed by atoms with E-state index in [0.29, 0.717) is 42.6 Å². The first-order valence-electron chi connectivity index (χ1n) is 21.9. The maximum Gasteiger partial charge on any atom is 0.264 e. The average molecular weight is 942 g/mol. The van der Waals surface area contributed by atoms with Gasteiger partial charge in [-0.25, -0.2) is 16.8 Å². The summed E-state index contributed by atoms with van der Waals surface area (Å²) in [6.45, 7) is 6.61. The van der Waals surface area contributed by atoms with Crippen LogP contribution in [0.2, 0.25) is 0 Å². The van der Waals surface area contributed by atoms with Gasteiger partial charge < -0.3 is 0 Å². The predicted molar refractivity (Wildman–Crippen MR) is 264 cm³/mol. The monoisotopic (exact) mass is 940 g/mol. The van der Waals surface area contributed by atoms with E-state index in [0.717, 1.165) is 104 Å².